The predicted octanol–water partition coefficient (Wildman–Crippen LogP) is 2.27. The van der Waals surface area contributed by atoms with Gasteiger partial charge >= 0.3 is 11.9 Å². The number of rotatable bonds is 5. The van der Waals surface area contributed by atoms with Crippen LogP contribution in [0.4, 0.5) is 20.2 Å². The number of para-hydroxylation sites is 1. The second kappa shape index (κ2) is 11.6. The third kappa shape index (κ3) is 8.01. The molecule has 2 aromatic rings. The van der Waals surface area contributed by atoms with E-state index in [9.17, 15) is 13.6 Å². The van der Waals surface area contributed by atoms with Crippen LogP contribution in [0.5, 0.6) is 0 Å². The standard InChI is InChI=1S/C19H21F2N3O.C2H2O4/c20-15-5-7-16(8-6-15)22-19(25)9-10-23-11-13-24(14-12-23)18-4-2-1-3-17(18)21;3-1(4)2(5)6/h1-8H,9-14H2,(H,22,25);(H,3,4)(H,5,6). The number of carbonyl (C=O) groups excluding carboxylic acids is 1. The minimum absolute atomic E-state index is 0.0943. The number of carbonyl (C=O) groups is 3. The molecular weight excluding hydrogens is 412 g/mol. The lowest BCUT2D eigenvalue weighted by atomic mass is 10.2. The monoisotopic (exact) mass is 435 g/mol. The number of amides is 1. The van der Waals surface area contributed by atoms with Gasteiger partial charge in [-0.15, -0.1) is 0 Å². The average Bonchev–Trinajstić information content (AvgIpc) is 2.75. The zero-order valence-electron chi connectivity index (χ0n) is 16.6. The Labute approximate surface area is 177 Å². The highest BCUT2D eigenvalue weighted by Crippen LogP contribution is 2.20. The van der Waals surface area contributed by atoms with Gasteiger partial charge in [-0.2, -0.15) is 0 Å². The van der Waals surface area contributed by atoms with Gasteiger partial charge in [0, 0.05) is 44.8 Å². The molecule has 2 aromatic carbocycles. The molecule has 0 atom stereocenters. The molecule has 10 heteroatoms. The minimum atomic E-state index is -1.82. The lowest BCUT2D eigenvalue weighted by Gasteiger charge is -2.36. The molecule has 1 heterocycles. The van der Waals surface area contributed by atoms with Crippen molar-refractivity contribution in [3.05, 3.63) is 60.2 Å². The second-order valence-electron chi connectivity index (χ2n) is 6.70. The van der Waals surface area contributed by atoms with E-state index in [0.29, 0.717) is 24.3 Å². The lowest BCUT2D eigenvalue weighted by Crippen LogP contribution is -2.47. The molecule has 1 saturated heterocycles. The minimum Gasteiger partial charge on any atom is -0.473 e. The summed E-state index contributed by atoms with van der Waals surface area (Å²) in [5, 5.41) is 17.5. The van der Waals surface area contributed by atoms with E-state index >= 15 is 0 Å². The van der Waals surface area contributed by atoms with Crippen LogP contribution in [0, 0.1) is 11.6 Å². The van der Waals surface area contributed by atoms with Gasteiger partial charge < -0.3 is 20.4 Å². The summed E-state index contributed by atoms with van der Waals surface area (Å²) in [4.78, 5) is 34.4. The number of anilines is 2. The molecule has 0 radical (unpaired) electrons. The van der Waals surface area contributed by atoms with Crippen molar-refractivity contribution >= 4 is 29.2 Å². The van der Waals surface area contributed by atoms with E-state index in [1.807, 2.05) is 11.0 Å². The quantitative estimate of drug-likeness (QED) is 0.618. The molecule has 1 aliphatic rings. The van der Waals surface area contributed by atoms with Gasteiger partial charge in [-0.05, 0) is 36.4 Å². The second-order valence-corrected chi connectivity index (χ2v) is 6.70. The van der Waals surface area contributed by atoms with E-state index in [2.05, 4.69) is 10.2 Å². The van der Waals surface area contributed by atoms with Crippen molar-refractivity contribution in [1.82, 2.24) is 4.90 Å². The third-order valence-electron chi connectivity index (χ3n) is 4.53. The summed E-state index contributed by atoms with van der Waals surface area (Å²) in [5.74, 6) is -4.27. The Kier molecular flexibility index (Phi) is 8.89. The highest BCUT2D eigenvalue weighted by Gasteiger charge is 2.19. The molecule has 0 aromatic heterocycles. The van der Waals surface area contributed by atoms with Crippen LogP contribution in [0.15, 0.2) is 48.5 Å². The first-order chi connectivity index (χ1) is 14.8. The van der Waals surface area contributed by atoms with Gasteiger partial charge in [-0.25, -0.2) is 18.4 Å². The predicted molar refractivity (Wildman–Crippen MR) is 110 cm³/mol. The smallest absolute Gasteiger partial charge is 0.414 e. The number of carboxylic acids is 2. The first kappa shape index (κ1) is 23.7. The van der Waals surface area contributed by atoms with Crippen LogP contribution < -0.4 is 10.2 Å². The normalized spacial score (nSPS) is 13.7. The van der Waals surface area contributed by atoms with E-state index in [-0.39, 0.29) is 17.5 Å². The Morgan fingerprint density at radius 1 is 0.871 bits per heavy atom. The topological polar surface area (TPSA) is 110 Å². The van der Waals surface area contributed by atoms with Crippen molar-refractivity contribution in [2.75, 3.05) is 42.9 Å². The molecule has 166 valence electrons. The SMILES string of the molecule is O=C(CCN1CCN(c2ccccc2F)CC1)Nc1ccc(F)cc1.O=C(O)C(=O)O. The Hall–Kier alpha value is -3.53. The van der Waals surface area contributed by atoms with Crippen molar-refractivity contribution in [3.63, 3.8) is 0 Å². The van der Waals surface area contributed by atoms with E-state index in [4.69, 9.17) is 19.8 Å². The maximum Gasteiger partial charge on any atom is 0.414 e. The number of benzene rings is 2. The summed E-state index contributed by atoms with van der Waals surface area (Å²) in [7, 11) is 0. The number of halogens is 2. The Balaban J connectivity index is 0.000000501. The molecule has 1 aliphatic heterocycles. The van der Waals surface area contributed by atoms with Crippen molar-refractivity contribution in [3.8, 4) is 0 Å². The Bertz CT molecular complexity index is 888. The van der Waals surface area contributed by atoms with E-state index in [0.717, 1.165) is 26.2 Å². The number of carboxylic acid groups (broad SMARTS) is 2. The molecule has 1 fully saturated rings. The van der Waals surface area contributed by atoms with Gasteiger partial charge in [0.15, 0.2) is 0 Å². The van der Waals surface area contributed by atoms with Crippen LogP contribution in [0.1, 0.15) is 6.42 Å². The molecule has 31 heavy (non-hydrogen) atoms. The van der Waals surface area contributed by atoms with Gasteiger partial charge in [0.2, 0.25) is 5.91 Å². The average molecular weight is 435 g/mol. The number of hydrogen-bond donors (Lipinski definition) is 3. The van der Waals surface area contributed by atoms with Crippen LogP contribution in [-0.2, 0) is 14.4 Å². The molecule has 0 spiro atoms. The largest absolute Gasteiger partial charge is 0.473 e. The number of piperazine rings is 1. The van der Waals surface area contributed by atoms with Crippen LogP contribution in [0.25, 0.3) is 0 Å². The van der Waals surface area contributed by atoms with Gasteiger partial charge in [-0.1, -0.05) is 12.1 Å². The first-order valence-corrected chi connectivity index (χ1v) is 9.49. The van der Waals surface area contributed by atoms with Crippen molar-refractivity contribution in [2.45, 2.75) is 6.42 Å². The summed E-state index contributed by atoms with van der Waals surface area (Å²) < 4.78 is 26.7. The van der Waals surface area contributed by atoms with Gasteiger partial charge in [0.25, 0.3) is 0 Å². The van der Waals surface area contributed by atoms with Crippen LogP contribution in [-0.4, -0.2) is 65.7 Å². The molecule has 0 aliphatic carbocycles. The molecule has 1 amide bonds. The summed E-state index contributed by atoms with van der Waals surface area (Å²) in [6.07, 6.45) is 0.372. The van der Waals surface area contributed by atoms with Crippen molar-refractivity contribution in [2.24, 2.45) is 0 Å². The summed E-state index contributed by atoms with van der Waals surface area (Å²) in [5.41, 5.74) is 1.23. The highest BCUT2D eigenvalue weighted by atomic mass is 19.1. The Morgan fingerprint density at radius 3 is 2.00 bits per heavy atom. The first-order valence-electron chi connectivity index (χ1n) is 9.49. The molecule has 0 unspecified atom stereocenters. The number of nitrogens with zero attached hydrogens (tertiary/aromatic N) is 2. The fourth-order valence-electron chi connectivity index (χ4n) is 2.94. The number of hydrogen-bond acceptors (Lipinski definition) is 5. The fraction of sp³-hybridized carbons (Fsp3) is 0.286. The summed E-state index contributed by atoms with van der Waals surface area (Å²) >= 11 is 0. The Morgan fingerprint density at radius 2 is 1.45 bits per heavy atom. The highest BCUT2D eigenvalue weighted by molar-refractivity contribution is 6.27. The van der Waals surface area contributed by atoms with Gasteiger partial charge in [0.1, 0.15) is 11.6 Å². The van der Waals surface area contributed by atoms with Crippen molar-refractivity contribution < 1.29 is 33.4 Å². The molecule has 0 bridgehead atoms. The molecule has 3 rings (SSSR count). The molecule has 3 N–H and O–H groups in total. The van der Waals surface area contributed by atoms with Crippen LogP contribution >= 0.6 is 0 Å². The molecule has 8 nitrogen and oxygen atoms in total. The maximum atomic E-state index is 13.8. The van der Waals surface area contributed by atoms with Crippen LogP contribution in [0.2, 0.25) is 0 Å². The van der Waals surface area contributed by atoms with E-state index in [1.165, 1.54) is 18.2 Å². The van der Waals surface area contributed by atoms with Crippen molar-refractivity contribution in [1.29, 1.82) is 0 Å². The maximum absolute atomic E-state index is 13.8. The number of nitrogens with one attached hydrogen (secondary N) is 1. The lowest BCUT2D eigenvalue weighted by molar-refractivity contribution is -0.159. The zero-order chi connectivity index (χ0) is 22.8. The third-order valence-corrected chi connectivity index (χ3v) is 4.53. The number of aliphatic carboxylic acids is 2. The summed E-state index contributed by atoms with van der Waals surface area (Å²) in [6, 6.07) is 12.5. The van der Waals surface area contributed by atoms with Crippen LogP contribution in [0.3, 0.4) is 0 Å². The molecule has 0 saturated carbocycles. The van der Waals surface area contributed by atoms with E-state index < -0.39 is 11.9 Å². The summed E-state index contributed by atoms with van der Waals surface area (Å²) in [6.45, 7) is 3.70. The van der Waals surface area contributed by atoms with E-state index in [1.54, 1.807) is 24.3 Å². The van der Waals surface area contributed by atoms with Gasteiger partial charge in [0.05, 0.1) is 5.69 Å². The van der Waals surface area contributed by atoms with Gasteiger partial charge in [-0.3, -0.25) is 9.69 Å². The fourth-order valence-corrected chi connectivity index (χ4v) is 2.94. The molecular formula is C21H23F2N3O5. The zero-order valence-corrected chi connectivity index (χ0v) is 16.6.